The van der Waals surface area contributed by atoms with Crippen LogP contribution in [0.2, 0.25) is 0 Å². The first kappa shape index (κ1) is 12.9. The van der Waals surface area contributed by atoms with E-state index in [0.717, 1.165) is 0 Å². The van der Waals surface area contributed by atoms with Crippen molar-refractivity contribution in [2.24, 2.45) is 0 Å². The summed E-state index contributed by atoms with van der Waals surface area (Å²) >= 11 is 0. The summed E-state index contributed by atoms with van der Waals surface area (Å²) in [6, 6.07) is 6.46. The minimum atomic E-state index is -2.83. The van der Waals surface area contributed by atoms with Crippen molar-refractivity contribution in [3.63, 3.8) is 0 Å². The third kappa shape index (κ3) is 3.75. The highest BCUT2D eigenvalue weighted by molar-refractivity contribution is 5.35. The molecule has 1 aromatic rings. The molecule has 16 heavy (non-hydrogen) atoms. The molecule has 1 atom stereocenters. The lowest BCUT2D eigenvalue weighted by Crippen LogP contribution is -2.22. The molecule has 0 amide bonds. The third-order valence-electron chi connectivity index (χ3n) is 2.16. The first-order chi connectivity index (χ1) is 7.65. The van der Waals surface area contributed by atoms with Crippen molar-refractivity contribution in [2.75, 3.05) is 13.2 Å². The molecule has 0 aromatic heterocycles. The maximum absolute atomic E-state index is 12.1. The minimum Gasteiger partial charge on any atom is -0.434 e. The molecule has 0 radical (unpaired) electrons. The van der Waals surface area contributed by atoms with E-state index in [4.69, 9.17) is 5.11 Å². The van der Waals surface area contributed by atoms with Crippen molar-refractivity contribution in [1.82, 2.24) is 5.32 Å². The van der Waals surface area contributed by atoms with Crippen LogP contribution in [0.25, 0.3) is 0 Å². The van der Waals surface area contributed by atoms with Crippen molar-refractivity contribution >= 4 is 0 Å². The standard InChI is InChI=1S/C11H15F2NO2/c1-8(14-6-7-15)9-4-2-3-5-10(9)16-11(12)13/h2-5,8,11,14-15H,6-7H2,1H3. The molecule has 3 nitrogen and oxygen atoms in total. The summed E-state index contributed by atoms with van der Waals surface area (Å²) < 4.78 is 28.7. The molecular formula is C11H15F2NO2. The number of rotatable bonds is 6. The predicted molar refractivity (Wildman–Crippen MR) is 56.6 cm³/mol. The van der Waals surface area contributed by atoms with Crippen LogP contribution in [0.5, 0.6) is 5.75 Å². The molecule has 0 aliphatic heterocycles. The molecule has 0 aliphatic carbocycles. The van der Waals surface area contributed by atoms with Crippen LogP contribution < -0.4 is 10.1 Å². The van der Waals surface area contributed by atoms with Crippen LogP contribution in [0, 0.1) is 0 Å². The zero-order valence-corrected chi connectivity index (χ0v) is 8.99. The molecule has 0 saturated heterocycles. The lowest BCUT2D eigenvalue weighted by atomic mass is 10.1. The molecule has 90 valence electrons. The number of hydrogen-bond acceptors (Lipinski definition) is 3. The molecule has 0 spiro atoms. The lowest BCUT2D eigenvalue weighted by molar-refractivity contribution is -0.0506. The molecule has 5 heteroatoms. The number of nitrogens with one attached hydrogen (secondary N) is 1. The summed E-state index contributed by atoms with van der Waals surface area (Å²) in [5.74, 6) is 0.162. The number of halogens is 2. The van der Waals surface area contributed by atoms with Crippen LogP contribution in [-0.2, 0) is 0 Å². The summed E-state index contributed by atoms with van der Waals surface area (Å²) in [5.41, 5.74) is 0.649. The van der Waals surface area contributed by atoms with E-state index in [1.165, 1.54) is 6.07 Å². The number of aliphatic hydroxyl groups is 1. The van der Waals surface area contributed by atoms with Gasteiger partial charge in [-0.05, 0) is 13.0 Å². The van der Waals surface area contributed by atoms with Gasteiger partial charge in [-0.2, -0.15) is 8.78 Å². The van der Waals surface area contributed by atoms with Crippen LogP contribution in [0.4, 0.5) is 8.78 Å². The van der Waals surface area contributed by atoms with Gasteiger partial charge in [0.25, 0.3) is 0 Å². The van der Waals surface area contributed by atoms with Gasteiger partial charge in [-0.25, -0.2) is 0 Å². The minimum absolute atomic E-state index is 0.00219. The second-order valence-corrected chi connectivity index (χ2v) is 3.32. The summed E-state index contributed by atoms with van der Waals surface area (Å²) in [7, 11) is 0. The van der Waals surface area contributed by atoms with Crippen LogP contribution in [-0.4, -0.2) is 24.9 Å². The van der Waals surface area contributed by atoms with E-state index < -0.39 is 6.61 Å². The van der Waals surface area contributed by atoms with Crippen LogP contribution in [0.15, 0.2) is 24.3 Å². The average Bonchev–Trinajstić information content (AvgIpc) is 2.26. The highest BCUT2D eigenvalue weighted by atomic mass is 19.3. The number of alkyl halides is 2. The van der Waals surface area contributed by atoms with E-state index >= 15 is 0 Å². The van der Waals surface area contributed by atoms with Gasteiger partial charge < -0.3 is 15.2 Å². The van der Waals surface area contributed by atoms with Gasteiger partial charge >= 0.3 is 6.61 Å². The fraction of sp³-hybridized carbons (Fsp3) is 0.455. The fourth-order valence-corrected chi connectivity index (χ4v) is 1.43. The maximum atomic E-state index is 12.1. The maximum Gasteiger partial charge on any atom is 0.387 e. The Balaban J connectivity index is 2.76. The molecule has 0 aliphatic rings. The third-order valence-corrected chi connectivity index (χ3v) is 2.16. The van der Waals surface area contributed by atoms with E-state index in [0.29, 0.717) is 12.1 Å². The summed E-state index contributed by atoms with van der Waals surface area (Å²) in [4.78, 5) is 0. The zero-order valence-electron chi connectivity index (χ0n) is 8.99. The van der Waals surface area contributed by atoms with E-state index in [2.05, 4.69) is 10.1 Å². The molecule has 0 saturated carbocycles. The Hall–Kier alpha value is -1.20. The molecular weight excluding hydrogens is 216 g/mol. The molecule has 0 heterocycles. The fourth-order valence-electron chi connectivity index (χ4n) is 1.43. The summed E-state index contributed by atoms with van der Waals surface area (Å²) in [5, 5.41) is 11.7. The monoisotopic (exact) mass is 231 g/mol. The van der Waals surface area contributed by atoms with Gasteiger partial charge in [0.05, 0.1) is 6.61 Å². The quantitative estimate of drug-likeness (QED) is 0.786. The van der Waals surface area contributed by atoms with Gasteiger partial charge in [0.2, 0.25) is 0 Å². The molecule has 1 unspecified atom stereocenters. The van der Waals surface area contributed by atoms with Gasteiger partial charge in [0.15, 0.2) is 0 Å². The van der Waals surface area contributed by atoms with Gasteiger partial charge in [-0.1, -0.05) is 18.2 Å². The number of aliphatic hydroxyl groups excluding tert-OH is 1. The highest BCUT2D eigenvalue weighted by Gasteiger charge is 2.13. The average molecular weight is 231 g/mol. The molecule has 2 N–H and O–H groups in total. The van der Waals surface area contributed by atoms with Crippen molar-refractivity contribution in [1.29, 1.82) is 0 Å². The topological polar surface area (TPSA) is 41.5 Å². The van der Waals surface area contributed by atoms with Gasteiger partial charge in [0.1, 0.15) is 5.75 Å². The van der Waals surface area contributed by atoms with Crippen molar-refractivity contribution in [3.8, 4) is 5.75 Å². The Labute approximate surface area is 93.0 Å². The number of ether oxygens (including phenoxy) is 1. The van der Waals surface area contributed by atoms with Crippen molar-refractivity contribution in [2.45, 2.75) is 19.6 Å². The van der Waals surface area contributed by atoms with Gasteiger partial charge in [-0.3, -0.25) is 0 Å². The molecule has 0 fully saturated rings. The number of para-hydroxylation sites is 1. The first-order valence-electron chi connectivity index (χ1n) is 5.03. The number of hydrogen-bond donors (Lipinski definition) is 2. The summed E-state index contributed by atoms with van der Waals surface area (Å²) in [6.07, 6.45) is 0. The first-order valence-corrected chi connectivity index (χ1v) is 5.03. The van der Waals surface area contributed by atoms with E-state index in [1.807, 2.05) is 6.92 Å². The number of benzene rings is 1. The Morgan fingerprint density at radius 2 is 2.06 bits per heavy atom. The Kier molecular flexibility index (Phi) is 5.14. The second kappa shape index (κ2) is 6.40. The Bertz CT molecular complexity index is 321. The largest absolute Gasteiger partial charge is 0.434 e. The van der Waals surface area contributed by atoms with Crippen LogP contribution in [0.3, 0.4) is 0 Å². The van der Waals surface area contributed by atoms with Crippen molar-refractivity contribution in [3.05, 3.63) is 29.8 Å². The predicted octanol–water partition coefficient (Wildman–Crippen LogP) is 1.93. The normalized spacial score (nSPS) is 12.8. The van der Waals surface area contributed by atoms with E-state index in [1.54, 1.807) is 18.2 Å². The molecule has 0 bridgehead atoms. The highest BCUT2D eigenvalue weighted by Crippen LogP contribution is 2.25. The zero-order chi connectivity index (χ0) is 12.0. The SMILES string of the molecule is CC(NCCO)c1ccccc1OC(F)F. The van der Waals surface area contributed by atoms with Crippen LogP contribution in [0.1, 0.15) is 18.5 Å². The second-order valence-electron chi connectivity index (χ2n) is 3.32. The van der Waals surface area contributed by atoms with Gasteiger partial charge in [-0.15, -0.1) is 0 Å². The lowest BCUT2D eigenvalue weighted by Gasteiger charge is -2.17. The molecule has 1 rings (SSSR count). The Morgan fingerprint density at radius 1 is 1.38 bits per heavy atom. The van der Waals surface area contributed by atoms with E-state index in [-0.39, 0.29) is 18.4 Å². The Morgan fingerprint density at radius 3 is 2.69 bits per heavy atom. The van der Waals surface area contributed by atoms with E-state index in [9.17, 15) is 8.78 Å². The van der Waals surface area contributed by atoms with Gasteiger partial charge in [0, 0.05) is 18.2 Å². The smallest absolute Gasteiger partial charge is 0.387 e. The van der Waals surface area contributed by atoms with Crippen molar-refractivity contribution < 1.29 is 18.6 Å². The van der Waals surface area contributed by atoms with Crippen LogP contribution >= 0.6 is 0 Å². The summed E-state index contributed by atoms with van der Waals surface area (Å²) in [6.45, 7) is -0.596. The molecule has 1 aromatic carbocycles.